The third-order valence-corrected chi connectivity index (χ3v) is 5.69. The van der Waals surface area contributed by atoms with Gasteiger partial charge in [0.2, 0.25) is 0 Å². The van der Waals surface area contributed by atoms with Crippen molar-refractivity contribution in [2.75, 3.05) is 6.54 Å². The smallest absolute Gasteiger partial charge is 0.410 e. The Labute approximate surface area is 190 Å². The topological polar surface area (TPSA) is 67.9 Å². The van der Waals surface area contributed by atoms with Gasteiger partial charge in [-0.1, -0.05) is 67.6 Å². The van der Waals surface area contributed by atoms with Crippen molar-refractivity contribution in [3.05, 3.63) is 71.8 Å². The first kappa shape index (κ1) is 23.6. The van der Waals surface area contributed by atoms with Crippen LogP contribution in [0.5, 0.6) is 0 Å². The van der Waals surface area contributed by atoms with Crippen molar-refractivity contribution in [1.29, 1.82) is 0 Å². The highest BCUT2D eigenvalue weighted by Crippen LogP contribution is 2.32. The molecule has 0 unspecified atom stereocenters. The second-order valence-corrected chi connectivity index (χ2v) is 9.41. The molecule has 0 bridgehead atoms. The Balaban J connectivity index is 1.71. The largest absolute Gasteiger partial charge is 0.445 e. The number of nitrogens with one attached hydrogen (secondary N) is 1. The average molecular weight is 439 g/mol. The Kier molecular flexibility index (Phi) is 7.78. The predicted octanol–water partition coefficient (Wildman–Crippen LogP) is 5.69. The molecule has 6 nitrogen and oxygen atoms in total. The number of benzene rings is 2. The van der Waals surface area contributed by atoms with Gasteiger partial charge < -0.3 is 19.7 Å². The molecule has 6 heteroatoms. The Bertz CT molecular complexity index is 880. The minimum Gasteiger partial charge on any atom is -0.445 e. The first-order valence-corrected chi connectivity index (χ1v) is 11.2. The Morgan fingerprint density at radius 1 is 1.06 bits per heavy atom. The highest BCUT2D eigenvalue weighted by atomic mass is 16.6. The lowest BCUT2D eigenvalue weighted by Crippen LogP contribution is -2.42. The number of rotatable bonds is 6. The molecule has 3 atom stereocenters. The van der Waals surface area contributed by atoms with E-state index in [0.29, 0.717) is 18.9 Å². The highest BCUT2D eigenvalue weighted by molar-refractivity contribution is 5.69. The summed E-state index contributed by atoms with van der Waals surface area (Å²) in [6.07, 6.45) is 0.715. The number of carbonyl (C=O) groups excluding carboxylic acids is 2. The van der Waals surface area contributed by atoms with Gasteiger partial charge in [-0.25, -0.2) is 9.59 Å². The van der Waals surface area contributed by atoms with Crippen LogP contribution >= 0.6 is 0 Å². The van der Waals surface area contributed by atoms with Crippen LogP contribution in [0.2, 0.25) is 0 Å². The van der Waals surface area contributed by atoms with E-state index in [4.69, 9.17) is 9.47 Å². The molecule has 1 saturated heterocycles. The molecule has 0 spiro atoms. The first-order valence-electron chi connectivity index (χ1n) is 11.2. The van der Waals surface area contributed by atoms with Crippen molar-refractivity contribution in [3.8, 4) is 0 Å². The second-order valence-electron chi connectivity index (χ2n) is 9.41. The zero-order chi connectivity index (χ0) is 23.1. The molecule has 0 saturated carbocycles. The third-order valence-electron chi connectivity index (χ3n) is 5.69. The number of carbonyl (C=O) groups is 2. The zero-order valence-electron chi connectivity index (χ0n) is 19.4. The summed E-state index contributed by atoms with van der Waals surface area (Å²) in [6.45, 7) is 8.56. The molecule has 2 aromatic rings. The molecule has 1 aliphatic heterocycles. The van der Waals surface area contributed by atoms with E-state index in [2.05, 4.69) is 12.2 Å². The van der Waals surface area contributed by atoms with Gasteiger partial charge in [0.05, 0.1) is 6.04 Å². The Morgan fingerprint density at radius 2 is 1.69 bits per heavy atom. The number of hydrogen-bond donors (Lipinski definition) is 1. The van der Waals surface area contributed by atoms with Gasteiger partial charge >= 0.3 is 12.2 Å². The van der Waals surface area contributed by atoms with Crippen molar-refractivity contribution in [1.82, 2.24) is 10.2 Å². The van der Waals surface area contributed by atoms with Crippen molar-refractivity contribution < 1.29 is 19.1 Å². The molecule has 1 fully saturated rings. The molecule has 1 N–H and O–H groups in total. The number of amides is 2. The van der Waals surface area contributed by atoms with Crippen LogP contribution in [-0.2, 0) is 16.1 Å². The van der Waals surface area contributed by atoms with Gasteiger partial charge in [-0.3, -0.25) is 0 Å². The maximum atomic E-state index is 12.9. The van der Waals surface area contributed by atoms with E-state index in [-0.39, 0.29) is 24.8 Å². The van der Waals surface area contributed by atoms with E-state index < -0.39 is 11.7 Å². The van der Waals surface area contributed by atoms with Crippen LogP contribution in [0, 0.1) is 5.92 Å². The number of ether oxygens (including phenoxy) is 2. The Morgan fingerprint density at radius 3 is 2.31 bits per heavy atom. The number of nitrogens with zero attached hydrogens (tertiary/aromatic N) is 1. The lowest BCUT2D eigenvalue weighted by Gasteiger charge is -2.31. The molecule has 0 radical (unpaired) electrons. The molecule has 0 aromatic heterocycles. The van der Waals surface area contributed by atoms with E-state index in [0.717, 1.165) is 17.5 Å². The van der Waals surface area contributed by atoms with E-state index >= 15 is 0 Å². The summed E-state index contributed by atoms with van der Waals surface area (Å²) in [7, 11) is 0. The van der Waals surface area contributed by atoms with Gasteiger partial charge in [-0.05, 0) is 50.7 Å². The number of likely N-dealkylation sites (tertiary alicyclic amines) is 1. The van der Waals surface area contributed by atoms with Crippen LogP contribution in [0.15, 0.2) is 60.7 Å². The van der Waals surface area contributed by atoms with Gasteiger partial charge in [0.1, 0.15) is 12.2 Å². The monoisotopic (exact) mass is 438 g/mol. The van der Waals surface area contributed by atoms with Crippen molar-refractivity contribution in [3.63, 3.8) is 0 Å². The number of hydrogen-bond acceptors (Lipinski definition) is 4. The van der Waals surface area contributed by atoms with Gasteiger partial charge in [0.25, 0.3) is 0 Å². The van der Waals surface area contributed by atoms with E-state index in [1.807, 2.05) is 81.4 Å². The molecule has 172 valence electrons. The number of alkyl carbamates (subject to hydrolysis) is 1. The fourth-order valence-electron chi connectivity index (χ4n) is 4.05. The molecule has 1 aliphatic rings. The fraction of sp³-hybridized carbons (Fsp3) is 0.462. The molecule has 32 heavy (non-hydrogen) atoms. The van der Waals surface area contributed by atoms with Crippen LogP contribution in [0.25, 0.3) is 0 Å². The van der Waals surface area contributed by atoms with Gasteiger partial charge in [0.15, 0.2) is 0 Å². The van der Waals surface area contributed by atoms with Gasteiger partial charge in [-0.15, -0.1) is 0 Å². The lowest BCUT2D eigenvalue weighted by molar-refractivity contribution is 0.0487. The molecule has 0 aliphatic carbocycles. The standard InChI is InChI=1S/C26H34N2O4/c1-19-15-16-28(25(30)31-18-20-11-7-5-8-12-20)23(19)17-22(21-13-9-6-10-14-21)27-24(29)32-26(2,3)4/h5-14,19,22-23H,15-18H2,1-4H3,(H,27,29)/t19-,22-,23-/m0/s1. The summed E-state index contributed by atoms with van der Waals surface area (Å²) in [6, 6.07) is 19.2. The first-order chi connectivity index (χ1) is 15.2. The van der Waals surface area contributed by atoms with Crippen LogP contribution in [0.4, 0.5) is 9.59 Å². The van der Waals surface area contributed by atoms with Crippen molar-refractivity contribution in [2.45, 2.75) is 64.8 Å². The minimum absolute atomic E-state index is 0.0431. The van der Waals surface area contributed by atoms with Crippen LogP contribution in [0.1, 0.15) is 57.7 Å². The molecule has 2 amide bonds. The third kappa shape index (κ3) is 6.74. The van der Waals surface area contributed by atoms with Gasteiger partial charge in [0, 0.05) is 12.6 Å². The SMILES string of the molecule is C[C@H]1CCN(C(=O)OCc2ccccc2)[C@H]1C[C@H](NC(=O)OC(C)(C)C)c1ccccc1. The maximum absolute atomic E-state index is 12.9. The van der Waals surface area contributed by atoms with E-state index in [1.54, 1.807) is 4.90 Å². The fourth-order valence-corrected chi connectivity index (χ4v) is 4.05. The maximum Gasteiger partial charge on any atom is 0.410 e. The molecule has 3 rings (SSSR count). The van der Waals surface area contributed by atoms with Crippen molar-refractivity contribution in [2.24, 2.45) is 5.92 Å². The minimum atomic E-state index is -0.584. The molecular weight excluding hydrogens is 404 g/mol. The normalized spacial score (nSPS) is 19.3. The molecular formula is C26H34N2O4. The van der Waals surface area contributed by atoms with Crippen molar-refractivity contribution >= 4 is 12.2 Å². The van der Waals surface area contributed by atoms with Crippen LogP contribution in [0.3, 0.4) is 0 Å². The summed E-state index contributed by atoms with van der Waals surface area (Å²) in [5.74, 6) is 0.297. The van der Waals surface area contributed by atoms with Gasteiger partial charge in [-0.2, -0.15) is 0 Å². The van der Waals surface area contributed by atoms with E-state index in [9.17, 15) is 9.59 Å². The van der Waals surface area contributed by atoms with Crippen LogP contribution < -0.4 is 5.32 Å². The summed E-state index contributed by atoms with van der Waals surface area (Å²) in [5, 5.41) is 3.01. The molecule has 2 aromatic carbocycles. The average Bonchev–Trinajstić information content (AvgIpc) is 3.12. The molecule has 1 heterocycles. The summed E-state index contributed by atoms with van der Waals surface area (Å²) in [5.41, 5.74) is 1.35. The zero-order valence-corrected chi connectivity index (χ0v) is 19.4. The summed E-state index contributed by atoms with van der Waals surface area (Å²) in [4.78, 5) is 27.2. The van der Waals surface area contributed by atoms with E-state index in [1.165, 1.54) is 0 Å². The Hall–Kier alpha value is -3.02. The quantitative estimate of drug-likeness (QED) is 0.629. The summed E-state index contributed by atoms with van der Waals surface area (Å²) < 4.78 is 11.1. The highest BCUT2D eigenvalue weighted by Gasteiger charge is 2.37. The summed E-state index contributed by atoms with van der Waals surface area (Å²) >= 11 is 0. The second kappa shape index (κ2) is 10.5. The van der Waals surface area contributed by atoms with Crippen LogP contribution in [-0.4, -0.2) is 35.3 Å². The predicted molar refractivity (Wildman–Crippen MR) is 124 cm³/mol. The lowest BCUT2D eigenvalue weighted by atomic mass is 9.92.